The molecule has 0 saturated carbocycles. The maximum Gasteiger partial charge on any atom is 0.304 e. The molecular formula is C16H12N2O3. The molecule has 0 aliphatic carbocycles. The van der Waals surface area contributed by atoms with Crippen molar-refractivity contribution in [1.29, 1.82) is 0 Å². The number of carbonyl (C=O) groups excluding carboxylic acids is 2. The number of oxime groups is 1. The van der Waals surface area contributed by atoms with Crippen LogP contribution in [0.2, 0.25) is 0 Å². The van der Waals surface area contributed by atoms with E-state index in [4.69, 9.17) is 5.21 Å². The predicted octanol–water partition coefficient (Wildman–Crippen LogP) is 2.66. The van der Waals surface area contributed by atoms with Crippen molar-refractivity contribution in [1.82, 2.24) is 0 Å². The van der Waals surface area contributed by atoms with Crippen LogP contribution >= 0.6 is 0 Å². The largest absolute Gasteiger partial charge is 0.411 e. The van der Waals surface area contributed by atoms with Gasteiger partial charge in [0.25, 0.3) is 5.78 Å². The number of ketones is 1. The van der Waals surface area contributed by atoms with E-state index < -0.39 is 11.7 Å². The molecule has 0 radical (unpaired) electrons. The van der Waals surface area contributed by atoms with E-state index in [1.54, 1.807) is 36.4 Å². The maximum absolute atomic E-state index is 12.3. The SMILES string of the molecule is Cc1cccc2c1N(c1ccccc1/C=N/O)C(=O)C2=O. The third kappa shape index (κ3) is 1.90. The lowest BCUT2D eigenvalue weighted by molar-refractivity contribution is -0.113. The van der Waals surface area contributed by atoms with E-state index in [0.717, 1.165) is 5.56 Å². The molecule has 0 saturated heterocycles. The van der Waals surface area contributed by atoms with E-state index in [0.29, 0.717) is 22.5 Å². The maximum atomic E-state index is 12.3. The van der Waals surface area contributed by atoms with Crippen molar-refractivity contribution in [2.24, 2.45) is 5.16 Å². The van der Waals surface area contributed by atoms with Crippen LogP contribution in [0.3, 0.4) is 0 Å². The third-order valence-electron chi connectivity index (χ3n) is 3.48. The molecule has 0 fully saturated rings. The Morgan fingerprint density at radius 3 is 2.62 bits per heavy atom. The summed E-state index contributed by atoms with van der Waals surface area (Å²) in [7, 11) is 0. The first kappa shape index (κ1) is 13.1. The highest BCUT2D eigenvalue weighted by Crippen LogP contribution is 2.38. The summed E-state index contributed by atoms with van der Waals surface area (Å²) in [6, 6.07) is 12.2. The van der Waals surface area contributed by atoms with Crippen molar-refractivity contribution in [3.63, 3.8) is 0 Å². The van der Waals surface area contributed by atoms with E-state index in [1.165, 1.54) is 11.1 Å². The van der Waals surface area contributed by atoms with Crippen molar-refractivity contribution in [3.8, 4) is 0 Å². The minimum Gasteiger partial charge on any atom is -0.411 e. The van der Waals surface area contributed by atoms with E-state index in [9.17, 15) is 9.59 Å². The van der Waals surface area contributed by atoms with E-state index in [2.05, 4.69) is 5.16 Å². The highest BCUT2D eigenvalue weighted by molar-refractivity contribution is 6.54. The van der Waals surface area contributed by atoms with E-state index >= 15 is 0 Å². The molecule has 0 unspecified atom stereocenters. The molecule has 1 N–H and O–H groups in total. The number of para-hydroxylation sites is 2. The number of hydrogen-bond donors (Lipinski definition) is 1. The van der Waals surface area contributed by atoms with Gasteiger partial charge in [0.2, 0.25) is 0 Å². The Morgan fingerprint density at radius 2 is 1.86 bits per heavy atom. The molecule has 5 nitrogen and oxygen atoms in total. The number of hydrogen-bond acceptors (Lipinski definition) is 4. The van der Waals surface area contributed by atoms with Gasteiger partial charge in [-0.25, -0.2) is 0 Å². The first-order chi connectivity index (χ1) is 10.1. The molecule has 2 aromatic rings. The van der Waals surface area contributed by atoms with Gasteiger partial charge in [-0.2, -0.15) is 0 Å². The van der Waals surface area contributed by atoms with Crippen LogP contribution in [-0.2, 0) is 4.79 Å². The van der Waals surface area contributed by atoms with Crippen LogP contribution in [-0.4, -0.2) is 23.1 Å². The minimum absolute atomic E-state index is 0.399. The average molecular weight is 280 g/mol. The van der Waals surface area contributed by atoms with Crippen molar-refractivity contribution >= 4 is 29.3 Å². The molecule has 3 rings (SSSR count). The number of rotatable bonds is 2. The monoisotopic (exact) mass is 280 g/mol. The third-order valence-corrected chi connectivity index (χ3v) is 3.48. The van der Waals surface area contributed by atoms with Gasteiger partial charge in [-0.3, -0.25) is 14.5 Å². The van der Waals surface area contributed by atoms with Crippen LogP contribution in [0.5, 0.6) is 0 Å². The molecule has 0 spiro atoms. The van der Waals surface area contributed by atoms with Gasteiger partial charge in [0, 0.05) is 5.56 Å². The van der Waals surface area contributed by atoms with Crippen LogP contribution in [0, 0.1) is 6.92 Å². The van der Waals surface area contributed by atoms with Crippen molar-refractivity contribution < 1.29 is 14.8 Å². The standard InChI is InChI=1S/C16H12N2O3/c1-10-5-4-7-12-14(10)18(16(20)15(12)19)13-8-3-2-6-11(13)9-17-21/h2-9,21H,1H3/b17-9+. The number of carbonyl (C=O) groups is 2. The Labute approximate surface area is 121 Å². The summed E-state index contributed by atoms with van der Waals surface area (Å²) in [6.07, 6.45) is 1.24. The summed E-state index contributed by atoms with van der Waals surface area (Å²) < 4.78 is 0. The number of anilines is 2. The van der Waals surface area contributed by atoms with Crippen LogP contribution < -0.4 is 4.90 Å². The highest BCUT2D eigenvalue weighted by Gasteiger charge is 2.38. The molecule has 1 aliphatic heterocycles. The van der Waals surface area contributed by atoms with Crippen LogP contribution in [0.15, 0.2) is 47.6 Å². The number of fused-ring (bicyclic) bond motifs is 1. The smallest absolute Gasteiger partial charge is 0.304 e. The molecule has 1 heterocycles. The van der Waals surface area contributed by atoms with Crippen molar-refractivity contribution in [2.45, 2.75) is 6.92 Å². The van der Waals surface area contributed by atoms with Gasteiger partial charge in [0.15, 0.2) is 0 Å². The van der Waals surface area contributed by atoms with Gasteiger partial charge in [-0.05, 0) is 24.6 Å². The van der Waals surface area contributed by atoms with Crippen LogP contribution in [0.1, 0.15) is 21.5 Å². The summed E-state index contributed by atoms with van der Waals surface area (Å²) >= 11 is 0. The number of aryl methyl sites for hydroxylation is 1. The Kier molecular flexibility index (Phi) is 3.02. The zero-order valence-electron chi connectivity index (χ0n) is 11.3. The number of nitrogens with zero attached hydrogens (tertiary/aromatic N) is 2. The second-order valence-corrected chi connectivity index (χ2v) is 4.74. The molecule has 1 amide bonds. The van der Waals surface area contributed by atoms with Gasteiger partial charge >= 0.3 is 5.91 Å². The minimum atomic E-state index is -0.599. The number of amides is 1. The summed E-state index contributed by atoms with van der Waals surface area (Å²) in [4.78, 5) is 25.8. The Hall–Kier alpha value is -2.95. The summed E-state index contributed by atoms with van der Waals surface area (Å²) in [5.74, 6) is -1.12. The Bertz CT molecular complexity index is 781. The second kappa shape index (κ2) is 4.86. The van der Waals surface area contributed by atoms with Gasteiger partial charge < -0.3 is 5.21 Å². The molecule has 104 valence electrons. The van der Waals surface area contributed by atoms with Gasteiger partial charge in [-0.1, -0.05) is 35.5 Å². The summed E-state index contributed by atoms with van der Waals surface area (Å²) in [6.45, 7) is 1.85. The molecule has 0 bridgehead atoms. The average Bonchev–Trinajstić information content (AvgIpc) is 2.74. The van der Waals surface area contributed by atoms with Crippen LogP contribution in [0.25, 0.3) is 0 Å². The first-order valence-corrected chi connectivity index (χ1v) is 6.40. The van der Waals surface area contributed by atoms with E-state index in [-0.39, 0.29) is 0 Å². The molecule has 1 aliphatic rings. The second-order valence-electron chi connectivity index (χ2n) is 4.74. The fourth-order valence-electron chi connectivity index (χ4n) is 2.55. The van der Waals surface area contributed by atoms with Gasteiger partial charge in [0.1, 0.15) is 0 Å². The lowest BCUT2D eigenvalue weighted by Crippen LogP contribution is -2.26. The lowest BCUT2D eigenvalue weighted by atomic mass is 10.1. The molecule has 5 heteroatoms. The summed E-state index contributed by atoms with van der Waals surface area (Å²) in [5, 5.41) is 11.8. The fourth-order valence-corrected chi connectivity index (χ4v) is 2.55. The predicted molar refractivity (Wildman–Crippen MR) is 78.5 cm³/mol. The normalized spacial score (nSPS) is 14.0. The number of Topliss-reactive ketones (excluding diaryl/α,β-unsaturated/α-hetero) is 1. The molecule has 2 aromatic carbocycles. The Morgan fingerprint density at radius 1 is 1.10 bits per heavy atom. The molecular weight excluding hydrogens is 268 g/mol. The zero-order chi connectivity index (χ0) is 15.0. The van der Waals surface area contributed by atoms with Crippen molar-refractivity contribution in [2.75, 3.05) is 4.90 Å². The van der Waals surface area contributed by atoms with Crippen molar-refractivity contribution in [3.05, 3.63) is 59.2 Å². The highest BCUT2D eigenvalue weighted by atomic mass is 16.4. The quantitative estimate of drug-likeness (QED) is 0.398. The number of benzene rings is 2. The topological polar surface area (TPSA) is 70.0 Å². The molecule has 0 aromatic heterocycles. The molecule has 21 heavy (non-hydrogen) atoms. The fraction of sp³-hybridized carbons (Fsp3) is 0.0625. The van der Waals surface area contributed by atoms with Crippen LogP contribution in [0.4, 0.5) is 11.4 Å². The zero-order valence-corrected chi connectivity index (χ0v) is 11.3. The Balaban J connectivity index is 2.26. The van der Waals surface area contributed by atoms with E-state index in [1.807, 2.05) is 13.0 Å². The van der Waals surface area contributed by atoms with Gasteiger partial charge in [-0.15, -0.1) is 0 Å². The van der Waals surface area contributed by atoms with Gasteiger partial charge in [0.05, 0.1) is 23.2 Å². The molecule has 0 atom stereocenters. The summed E-state index contributed by atoms with van der Waals surface area (Å²) in [5.41, 5.74) is 2.89. The lowest BCUT2D eigenvalue weighted by Gasteiger charge is -2.20. The first-order valence-electron chi connectivity index (χ1n) is 6.40.